The largest absolute Gasteiger partial charge is 0.326 e. The van der Waals surface area contributed by atoms with Gasteiger partial charge < -0.3 is 5.73 Å². The van der Waals surface area contributed by atoms with Crippen molar-refractivity contribution < 1.29 is 0 Å². The van der Waals surface area contributed by atoms with Gasteiger partial charge in [0, 0.05) is 6.54 Å². The molecule has 1 rings (SSSR count). The van der Waals surface area contributed by atoms with Gasteiger partial charge in [-0.1, -0.05) is 30.3 Å². The van der Waals surface area contributed by atoms with Crippen molar-refractivity contribution in [2.75, 3.05) is 0 Å². The van der Waals surface area contributed by atoms with Gasteiger partial charge in [-0.2, -0.15) is 0 Å². The fraction of sp³-hybridized carbons (Fsp3) is 0.111. The summed E-state index contributed by atoms with van der Waals surface area (Å²) in [5, 5.41) is 0. The Morgan fingerprint density at radius 3 is 1.82 bits per heavy atom. The van der Waals surface area contributed by atoms with Gasteiger partial charge in [0.05, 0.1) is 0 Å². The Labute approximate surface area is 74.3 Å². The molecule has 0 radical (unpaired) electrons. The summed E-state index contributed by atoms with van der Waals surface area (Å²) in [6.07, 6.45) is 0. The fourth-order valence-electron chi connectivity index (χ4n) is 0.614. The van der Waals surface area contributed by atoms with Crippen LogP contribution in [0.1, 0.15) is 5.56 Å². The third-order valence-electron chi connectivity index (χ3n) is 1.08. The molecule has 2 N–H and O–H groups in total. The molecule has 1 aromatic carbocycles. The minimum absolute atomic E-state index is 0. The van der Waals surface area contributed by atoms with Crippen molar-refractivity contribution in [3.05, 3.63) is 49.1 Å². The summed E-state index contributed by atoms with van der Waals surface area (Å²) >= 11 is 0. The van der Waals surface area contributed by atoms with E-state index in [0.29, 0.717) is 6.54 Å². The highest BCUT2D eigenvalue weighted by atomic mass is 35.5. The van der Waals surface area contributed by atoms with Crippen LogP contribution < -0.4 is 5.73 Å². The Balaban J connectivity index is 0. The highest BCUT2D eigenvalue weighted by Gasteiger charge is 1.80. The quantitative estimate of drug-likeness (QED) is 0.646. The van der Waals surface area contributed by atoms with Crippen LogP contribution in [0.15, 0.2) is 43.5 Å². The van der Waals surface area contributed by atoms with Gasteiger partial charge in [-0.15, -0.1) is 25.6 Å². The van der Waals surface area contributed by atoms with Crippen LogP contribution in [-0.2, 0) is 6.54 Å². The highest BCUT2D eigenvalue weighted by Crippen LogP contribution is 1.94. The van der Waals surface area contributed by atoms with Crippen LogP contribution in [0, 0.1) is 0 Å². The minimum atomic E-state index is 0. The number of rotatable bonds is 1. The molecule has 0 aliphatic rings. The first kappa shape index (κ1) is 12.8. The zero-order chi connectivity index (χ0) is 7.82. The summed E-state index contributed by atoms with van der Waals surface area (Å²) in [7, 11) is 0. The van der Waals surface area contributed by atoms with Gasteiger partial charge in [0.15, 0.2) is 0 Å². The average molecular weight is 172 g/mol. The zero-order valence-corrected chi connectivity index (χ0v) is 7.31. The van der Waals surface area contributed by atoms with Crippen molar-refractivity contribution in [2.24, 2.45) is 5.73 Å². The van der Waals surface area contributed by atoms with E-state index in [2.05, 4.69) is 13.2 Å². The minimum Gasteiger partial charge on any atom is -0.326 e. The predicted octanol–water partition coefficient (Wildman–Crippen LogP) is 2.37. The molecule has 0 heterocycles. The van der Waals surface area contributed by atoms with Crippen molar-refractivity contribution in [3.8, 4) is 0 Å². The van der Waals surface area contributed by atoms with Crippen molar-refractivity contribution >= 4 is 12.4 Å². The van der Waals surface area contributed by atoms with Crippen LogP contribution in [0.2, 0.25) is 0 Å². The molecule has 62 valence electrons. The summed E-state index contributed by atoms with van der Waals surface area (Å²) in [5.74, 6) is 0. The van der Waals surface area contributed by atoms with Crippen LogP contribution in [0.5, 0.6) is 0 Å². The molecule has 2 heteroatoms. The topological polar surface area (TPSA) is 26.0 Å². The van der Waals surface area contributed by atoms with Gasteiger partial charge in [0.2, 0.25) is 0 Å². The molecule has 0 saturated carbocycles. The van der Waals surface area contributed by atoms with E-state index in [1.165, 1.54) is 5.56 Å². The average Bonchev–Trinajstić information content (AvgIpc) is 2.10. The first-order chi connectivity index (χ1) is 4.93. The van der Waals surface area contributed by atoms with Gasteiger partial charge >= 0.3 is 0 Å². The van der Waals surface area contributed by atoms with Crippen molar-refractivity contribution in [3.63, 3.8) is 0 Å². The molecule has 0 aliphatic carbocycles. The second-order valence-electron chi connectivity index (χ2n) is 1.69. The lowest BCUT2D eigenvalue weighted by Crippen LogP contribution is -1.94. The van der Waals surface area contributed by atoms with E-state index in [1.54, 1.807) is 0 Å². The molecule has 0 fully saturated rings. The normalized spacial score (nSPS) is 7.00. The van der Waals surface area contributed by atoms with Crippen molar-refractivity contribution in [2.45, 2.75) is 6.54 Å². The van der Waals surface area contributed by atoms with E-state index in [9.17, 15) is 0 Å². The van der Waals surface area contributed by atoms with E-state index in [4.69, 9.17) is 5.73 Å². The summed E-state index contributed by atoms with van der Waals surface area (Å²) in [5.41, 5.74) is 6.54. The SMILES string of the molecule is C=C.Cl.NCc1ccccc1. The summed E-state index contributed by atoms with van der Waals surface area (Å²) in [4.78, 5) is 0. The standard InChI is InChI=1S/C7H9N.C2H4.ClH/c8-6-7-4-2-1-3-5-7;1-2;/h1-5H,6,8H2;1-2H2;1H. The molecule has 0 amide bonds. The Hall–Kier alpha value is -0.790. The van der Waals surface area contributed by atoms with Crippen LogP contribution in [0.25, 0.3) is 0 Å². The highest BCUT2D eigenvalue weighted by molar-refractivity contribution is 5.85. The lowest BCUT2D eigenvalue weighted by molar-refractivity contribution is 1.07. The van der Waals surface area contributed by atoms with E-state index in [0.717, 1.165) is 0 Å². The zero-order valence-electron chi connectivity index (χ0n) is 6.49. The summed E-state index contributed by atoms with van der Waals surface area (Å²) in [6.45, 7) is 6.64. The van der Waals surface area contributed by atoms with Gasteiger partial charge in [0.1, 0.15) is 0 Å². The number of hydrogen-bond acceptors (Lipinski definition) is 1. The lowest BCUT2D eigenvalue weighted by atomic mass is 10.2. The number of nitrogens with two attached hydrogens (primary N) is 1. The summed E-state index contributed by atoms with van der Waals surface area (Å²) < 4.78 is 0. The number of hydrogen-bond donors (Lipinski definition) is 1. The molecule has 0 aromatic heterocycles. The molecule has 1 aromatic rings. The Morgan fingerprint density at radius 2 is 1.55 bits per heavy atom. The monoisotopic (exact) mass is 171 g/mol. The molecule has 11 heavy (non-hydrogen) atoms. The van der Waals surface area contributed by atoms with Crippen LogP contribution >= 0.6 is 12.4 Å². The number of halogens is 1. The molecule has 0 unspecified atom stereocenters. The van der Waals surface area contributed by atoms with E-state index in [1.807, 2.05) is 30.3 Å². The maximum Gasteiger partial charge on any atom is 0.0178 e. The smallest absolute Gasteiger partial charge is 0.0178 e. The van der Waals surface area contributed by atoms with Crippen LogP contribution in [-0.4, -0.2) is 0 Å². The predicted molar refractivity (Wildman–Crippen MR) is 52.8 cm³/mol. The maximum absolute atomic E-state index is 5.35. The third-order valence-corrected chi connectivity index (χ3v) is 1.08. The summed E-state index contributed by atoms with van der Waals surface area (Å²) in [6, 6.07) is 9.99. The van der Waals surface area contributed by atoms with E-state index < -0.39 is 0 Å². The van der Waals surface area contributed by atoms with Gasteiger partial charge in [0.25, 0.3) is 0 Å². The maximum atomic E-state index is 5.35. The first-order valence-electron chi connectivity index (χ1n) is 3.17. The van der Waals surface area contributed by atoms with Crippen LogP contribution in [0.4, 0.5) is 0 Å². The first-order valence-corrected chi connectivity index (χ1v) is 3.17. The molecule has 0 aliphatic heterocycles. The molecule has 0 spiro atoms. The second kappa shape index (κ2) is 9.21. The third kappa shape index (κ3) is 5.64. The van der Waals surface area contributed by atoms with Crippen molar-refractivity contribution in [1.82, 2.24) is 0 Å². The Morgan fingerprint density at radius 1 is 1.09 bits per heavy atom. The van der Waals surface area contributed by atoms with Gasteiger partial charge in [-0.25, -0.2) is 0 Å². The molecule has 1 nitrogen and oxygen atoms in total. The van der Waals surface area contributed by atoms with E-state index >= 15 is 0 Å². The van der Waals surface area contributed by atoms with Crippen LogP contribution in [0.3, 0.4) is 0 Å². The molecule has 0 bridgehead atoms. The van der Waals surface area contributed by atoms with Crippen molar-refractivity contribution in [1.29, 1.82) is 0 Å². The number of benzene rings is 1. The molecule has 0 atom stereocenters. The molecular weight excluding hydrogens is 158 g/mol. The second-order valence-corrected chi connectivity index (χ2v) is 1.69. The molecule has 0 saturated heterocycles. The van der Waals surface area contributed by atoms with Gasteiger partial charge in [-0.05, 0) is 5.56 Å². The van der Waals surface area contributed by atoms with E-state index in [-0.39, 0.29) is 12.4 Å². The fourth-order valence-corrected chi connectivity index (χ4v) is 0.614. The lowest BCUT2D eigenvalue weighted by Gasteiger charge is -1.90. The Kier molecular flexibility index (Phi) is 10.8. The Bertz CT molecular complexity index is 162. The molecular formula is C9H14ClN. The van der Waals surface area contributed by atoms with Gasteiger partial charge in [-0.3, -0.25) is 0 Å².